The number of pyridine rings is 1. The van der Waals surface area contributed by atoms with Crippen molar-refractivity contribution in [2.24, 2.45) is 5.92 Å². The van der Waals surface area contributed by atoms with E-state index in [1.165, 1.54) is 114 Å². The van der Waals surface area contributed by atoms with Crippen molar-refractivity contribution < 1.29 is 9.13 Å². The van der Waals surface area contributed by atoms with Gasteiger partial charge in [-0.2, -0.15) is 0 Å². The van der Waals surface area contributed by atoms with E-state index in [0.29, 0.717) is 23.6 Å². The largest absolute Gasteiger partial charge is 0.493 e. The fraction of sp³-hybridized carbons (Fsp3) is 0.676. The Bertz CT molecular complexity index is 887. The molecular weight excluding hydrogens is 457 g/mol. The lowest BCUT2D eigenvalue weighted by atomic mass is 9.60. The summed E-state index contributed by atoms with van der Waals surface area (Å²) in [4.78, 5) is 4.84. The molecule has 0 amide bonds. The Balaban J connectivity index is 1.71. The SMILES string of the molecule is CCCCCCCOc1ccc(-c2ccc(C3(C(CCC)CCCCCC)CCCCC3)cn2)c(F)c1. The summed E-state index contributed by atoms with van der Waals surface area (Å²) in [5.74, 6) is 1.08. The molecular formula is C34H52FNO. The lowest BCUT2D eigenvalue weighted by Gasteiger charge is -2.44. The van der Waals surface area contributed by atoms with Gasteiger partial charge in [0, 0.05) is 17.8 Å². The molecule has 0 aliphatic heterocycles. The van der Waals surface area contributed by atoms with Crippen LogP contribution < -0.4 is 4.74 Å². The Labute approximate surface area is 226 Å². The normalized spacial score (nSPS) is 16.0. The molecule has 2 aromatic rings. The molecule has 1 aliphatic rings. The predicted molar refractivity (Wildman–Crippen MR) is 156 cm³/mol. The van der Waals surface area contributed by atoms with Gasteiger partial charge in [-0.05, 0) is 67.2 Å². The molecule has 0 bridgehead atoms. The molecule has 3 heteroatoms. The maximum Gasteiger partial charge on any atom is 0.136 e. The topological polar surface area (TPSA) is 22.1 Å². The molecule has 2 nitrogen and oxygen atoms in total. The number of aromatic nitrogens is 1. The first-order valence-corrected chi connectivity index (χ1v) is 15.5. The van der Waals surface area contributed by atoms with Crippen molar-refractivity contribution in [3.63, 3.8) is 0 Å². The molecule has 0 N–H and O–H groups in total. The summed E-state index contributed by atoms with van der Waals surface area (Å²) < 4.78 is 20.9. The Kier molecular flexibility index (Phi) is 12.9. The molecule has 1 saturated carbocycles. The van der Waals surface area contributed by atoms with Crippen LogP contribution in [0.1, 0.15) is 135 Å². The van der Waals surface area contributed by atoms with Crippen molar-refractivity contribution in [1.29, 1.82) is 0 Å². The van der Waals surface area contributed by atoms with E-state index < -0.39 is 0 Å². The zero-order valence-electron chi connectivity index (χ0n) is 24.0. The van der Waals surface area contributed by atoms with Gasteiger partial charge < -0.3 is 4.74 Å². The molecule has 0 spiro atoms. The average Bonchev–Trinajstić information content (AvgIpc) is 2.93. The van der Waals surface area contributed by atoms with E-state index in [4.69, 9.17) is 9.72 Å². The van der Waals surface area contributed by atoms with E-state index in [9.17, 15) is 0 Å². The van der Waals surface area contributed by atoms with Crippen LogP contribution >= 0.6 is 0 Å². The zero-order chi connectivity index (χ0) is 26.3. The second-order valence-corrected chi connectivity index (χ2v) is 11.4. The van der Waals surface area contributed by atoms with Crippen LogP contribution in [0, 0.1) is 11.7 Å². The van der Waals surface area contributed by atoms with Crippen LogP contribution in [-0.2, 0) is 5.41 Å². The first kappa shape index (κ1) is 29.7. The molecule has 1 aromatic heterocycles. The number of unbranched alkanes of at least 4 members (excludes halogenated alkanes) is 7. The highest BCUT2D eigenvalue weighted by Crippen LogP contribution is 2.48. The molecule has 1 heterocycles. The summed E-state index contributed by atoms with van der Waals surface area (Å²) in [6, 6.07) is 9.55. The van der Waals surface area contributed by atoms with Crippen molar-refractivity contribution >= 4 is 0 Å². The first-order chi connectivity index (χ1) is 18.1. The molecule has 3 rings (SSSR count). The number of ether oxygens (including phenoxy) is 1. The van der Waals surface area contributed by atoms with Gasteiger partial charge in [-0.1, -0.05) is 104 Å². The van der Waals surface area contributed by atoms with Crippen LogP contribution in [-0.4, -0.2) is 11.6 Å². The van der Waals surface area contributed by atoms with Crippen LogP contribution in [0.25, 0.3) is 11.3 Å². The Morgan fingerprint density at radius 1 is 0.811 bits per heavy atom. The standard InChI is InChI=1S/C34H52FNO/c1-4-7-9-11-16-25-37-30-20-21-31(32(35)26-30)33-22-19-29(27-36-33)34(23-14-12-15-24-34)28(17-6-3)18-13-10-8-5-2/h19-22,26-28H,4-18,23-25H2,1-3H3. The van der Waals surface area contributed by atoms with E-state index in [1.807, 2.05) is 12.1 Å². The Morgan fingerprint density at radius 2 is 1.54 bits per heavy atom. The van der Waals surface area contributed by atoms with Crippen molar-refractivity contribution in [2.75, 3.05) is 6.61 Å². The minimum absolute atomic E-state index is 0.235. The highest BCUT2D eigenvalue weighted by Gasteiger charge is 2.40. The fourth-order valence-corrected chi connectivity index (χ4v) is 6.51. The molecule has 1 unspecified atom stereocenters. The molecule has 1 aliphatic carbocycles. The summed E-state index contributed by atoms with van der Waals surface area (Å²) in [6.07, 6.45) is 23.7. The van der Waals surface area contributed by atoms with Crippen LogP contribution in [0.15, 0.2) is 36.5 Å². The van der Waals surface area contributed by atoms with E-state index in [2.05, 4.69) is 39.1 Å². The lowest BCUT2D eigenvalue weighted by molar-refractivity contribution is 0.165. The molecule has 1 aromatic carbocycles. The highest BCUT2D eigenvalue weighted by molar-refractivity contribution is 5.61. The second kappa shape index (κ2) is 16.1. The minimum Gasteiger partial charge on any atom is -0.493 e. The lowest BCUT2D eigenvalue weighted by Crippen LogP contribution is -2.37. The summed E-state index contributed by atoms with van der Waals surface area (Å²) >= 11 is 0. The van der Waals surface area contributed by atoms with Gasteiger partial charge in [0.2, 0.25) is 0 Å². The third kappa shape index (κ3) is 8.55. The summed E-state index contributed by atoms with van der Waals surface area (Å²) in [5, 5.41) is 0. The molecule has 0 radical (unpaired) electrons. The monoisotopic (exact) mass is 509 g/mol. The van der Waals surface area contributed by atoms with E-state index in [-0.39, 0.29) is 11.2 Å². The van der Waals surface area contributed by atoms with E-state index in [0.717, 1.165) is 12.3 Å². The number of nitrogens with zero attached hydrogens (tertiary/aromatic N) is 1. The van der Waals surface area contributed by atoms with Gasteiger partial charge in [0.1, 0.15) is 11.6 Å². The quantitative estimate of drug-likeness (QED) is 0.198. The first-order valence-electron chi connectivity index (χ1n) is 15.5. The van der Waals surface area contributed by atoms with Crippen LogP contribution in [0.3, 0.4) is 0 Å². The second-order valence-electron chi connectivity index (χ2n) is 11.4. The van der Waals surface area contributed by atoms with Crippen molar-refractivity contribution in [3.8, 4) is 17.0 Å². The molecule has 206 valence electrons. The summed E-state index contributed by atoms with van der Waals surface area (Å²) in [5.41, 5.74) is 2.89. The summed E-state index contributed by atoms with van der Waals surface area (Å²) in [7, 11) is 0. The Morgan fingerprint density at radius 3 is 2.19 bits per heavy atom. The predicted octanol–water partition coefficient (Wildman–Crippen LogP) is 10.8. The van der Waals surface area contributed by atoms with E-state index >= 15 is 4.39 Å². The molecule has 1 fully saturated rings. The average molecular weight is 510 g/mol. The van der Waals surface area contributed by atoms with Gasteiger partial charge in [0.25, 0.3) is 0 Å². The smallest absolute Gasteiger partial charge is 0.136 e. The van der Waals surface area contributed by atoms with Gasteiger partial charge in [-0.3, -0.25) is 4.98 Å². The van der Waals surface area contributed by atoms with E-state index in [1.54, 1.807) is 0 Å². The minimum atomic E-state index is -0.254. The third-order valence-electron chi connectivity index (χ3n) is 8.64. The zero-order valence-corrected chi connectivity index (χ0v) is 24.0. The van der Waals surface area contributed by atoms with Crippen LogP contribution in [0.4, 0.5) is 4.39 Å². The maximum absolute atomic E-state index is 15.1. The van der Waals surface area contributed by atoms with Crippen molar-refractivity contribution in [2.45, 2.75) is 135 Å². The number of rotatable bonds is 17. The van der Waals surface area contributed by atoms with Gasteiger partial charge >= 0.3 is 0 Å². The van der Waals surface area contributed by atoms with Gasteiger partial charge in [0.05, 0.1) is 12.3 Å². The third-order valence-corrected chi connectivity index (χ3v) is 8.64. The number of benzene rings is 1. The van der Waals surface area contributed by atoms with Crippen LogP contribution in [0.2, 0.25) is 0 Å². The number of hydrogen-bond acceptors (Lipinski definition) is 2. The number of halogens is 1. The highest BCUT2D eigenvalue weighted by atomic mass is 19.1. The van der Waals surface area contributed by atoms with Crippen LogP contribution in [0.5, 0.6) is 5.75 Å². The Hall–Kier alpha value is -1.90. The fourth-order valence-electron chi connectivity index (χ4n) is 6.51. The van der Waals surface area contributed by atoms with Gasteiger partial charge in [-0.15, -0.1) is 0 Å². The summed E-state index contributed by atoms with van der Waals surface area (Å²) in [6.45, 7) is 7.49. The van der Waals surface area contributed by atoms with Crippen molar-refractivity contribution in [3.05, 3.63) is 47.9 Å². The molecule has 0 saturated heterocycles. The van der Waals surface area contributed by atoms with Gasteiger partial charge in [0.15, 0.2) is 0 Å². The van der Waals surface area contributed by atoms with Gasteiger partial charge in [-0.25, -0.2) is 4.39 Å². The maximum atomic E-state index is 15.1. The van der Waals surface area contributed by atoms with Crippen molar-refractivity contribution in [1.82, 2.24) is 4.98 Å². The number of hydrogen-bond donors (Lipinski definition) is 0. The molecule has 37 heavy (non-hydrogen) atoms. The molecule has 1 atom stereocenters.